The van der Waals surface area contributed by atoms with Crippen LogP contribution in [0.5, 0.6) is 0 Å². The molecule has 188 valence electrons. The first-order valence-corrected chi connectivity index (χ1v) is 14.0. The molecular weight excluding hydrogens is 472 g/mol. The fourth-order valence-electron chi connectivity index (χ4n) is 4.77. The number of rotatable bonds is 8. The second-order valence-corrected chi connectivity index (χ2v) is 10.9. The zero-order valence-corrected chi connectivity index (χ0v) is 22.4. The van der Waals surface area contributed by atoms with Crippen molar-refractivity contribution in [3.63, 3.8) is 0 Å². The highest BCUT2D eigenvalue weighted by Gasteiger charge is 2.29. The quantitative estimate of drug-likeness (QED) is 0.245. The van der Waals surface area contributed by atoms with Gasteiger partial charge in [-0.1, -0.05) is 54.8 Å². The van der Waals surface area contributed by atoms with E-state index in [1.165, 1.54) is 48.1 Å². The number of aryl methyl sites for hydroxylation is 1. The van der Waals surface area contributed by atoms with Crippen molar-refractivity contribution in [1.29, 1.82) is 0 Å². The molecule has 1 aliphatic carbocycles. The second kappa shape index (κ2) is 14.9. The van der Waals surface area contributed by atoms with E-state index in [1.807, 2.05) is 30.4 Å². The molecule has 1 aromatic heterocycles. The van der Waals surface area contributed by atoms with Gasteiger partial charge in [-0.2, -0.15) is 12.6 Å². The van der Waals surface area contributed by atoms with E-state index in [0.717, 1.165) is 36.7 Å². The number of allylic oxidation sites excluding steroid dienone is 2. The largest absolute Gasteiger partial charge is 0.354 e. The maximum atomic E-state index is 12.4. The van der Waals surface area contributed by atoms with Gasteiger partial charge >= 0.3 is 0 Å². The number of carbonyl (C=O) groups is 2. The summed E-state index contributed by atoms with van der Waals surface area (Å²) in [5, 5.41) is 4.30. The first-order chi connectivity index (χ1) is 17.1. The lowest BCUT2D eigenvalue weighted by Crippen LogP contribution is -2.41. The molecule has 0 unspecified atom stereocenters. The topological polar surface area (TPSA) is 49.4 Å². The highest BCUT2D eigenvalue weighted by molar-refractivity contribution is 7.83. The molecular formula is C29H38N2O2S2. The average Bonchev–Trinajstić information content (AvgIpc) is 3.58. The lowest BCUT2D eigenvalue weighted by Gasteiger charge is -2.33. The summed E-state index contributed by atoms with van der Waals surface area (Å²) >= 11 is 5.60. The smallest absolute Gasteiger partial charge is 0.225 e. The average molecular weight is 511 g/mol. The van der Waals surface area contributed by atoms with E-state index < -0.39 is 0 Å². The fourth-order valence-corrected chi connectivity index (χ4v) is 5.74. The molecule has 1 aliphatic heterocycles. The molecule has 0 spiro atoms. The van der Waals surface area contributed by atoms with Gasteiger partial charge in [0, 0.05) is 28.8 Å². The number of benzene rings is 1. The zero-order chi connectivity index (χ0) is 24.9. The predicted molar refractivity (Wildman–Crippen MR) is 151 cm³/mol. The first kappa shape index (κ1) is 27.3. The van der Waals surface area contributed by atoms with Gasteiger partial charge in [0.15, 0.2) is 0 Å². The maximum Gasteiger partial charge on any atom is 0.225 e. The zero-order valence-electron chi connectivity index (χ0n) is 20.7. The van der Waals surface area contributed by atoms with Crippen molar-refractivity contribution in [3.05, 3.63) is 74.8 Å². The molecule has 6 heteroatoms. The summed E-state index contributed by atoms with van der Waals surface area (Å²) in [5.41, 5.74) is 2.77. The van der Waals surface area contributed by atoms with Gasteiger partial charge in [-0.3, -0.25) is 9.59 Å². The van der Waals surface area contributed by atoms with Crippen molar-refractivity contribution in [3.8, 4) is 0 Å². The van der Waals surface area contributed by atoms with Gasteiger partial charge in [0.1, 0.15) is 0 Å². The number of hydrogen-bond donors (Lipinski definition) is 2. The Balaban J connectivity index is 0.000000214. The van der Waals surface area contributed by atoms with Gasteiger partial charge in [-0.25, -0.2) is 0 Å². The molecule has 4 rings (SSSR count). The third kappa shape index (κ3) is 9.34. The predicted octanol–water partition coefficient (Wildman–Crippen LogP) is 6.42. The van der Waals surface area contributed by atoms with Gasteiger partial charge in [-0.15, -0.1) is 11.3 Å². The van der Waals surface area contributed by atoms with Crippen LogP contribution in [0.1, 0.15) is 59.4 Å². The van der Waals surface area contributed by atoms with Crippen LogP contribution in [0.2, 0.25) is 0 Å². The molecule has 1 aromatic carbocycles. The van der Waals surface area contributed by atoms with Crippen molar-refractivity contribution < 1.29 is 9.59 Å². The van der Waals surface area contributed by atoms with Crippen LogP contribution in [0.3, 0.4) is 0 Å². The van der Waals surface area contributed by atoms with Crippen molar-refractivity contribution in [2.75, 3.05) is 13.1 Å². The maximum absolute atomic E-state index is 12.4. The van der Waals surface area contributed by atoms with E-state index in [2.05, 4.69) is 54.0 Å². The first-order valence-electron chi connectivity index (χ1n) is 12.7. The summed E-state index contributed by atoms with van der Waals surface area (Å²) in [6.07, 6.45) is 14.8. The number of hydrogen-bond acceptors (Lipinski definition) is 4. The van der Waals surface area contributed by atoms with E-state index in [1.54, 1.807) is 16.7 Å². The summed E-state index contributed by atoms with van der Waals surface area (Å²) in [7, 11) is 0. The molecule has 35 heavy (non-hydrogen) atoms. The van der Waals surface area contributed by atoms with Crippen LogP contribution in [-0.4, -0.2) is 30.3 Å². The Morgan fingerprint density at radius 1 is 1.06 bits per heavy atom. The summed E-state index contributed by atoms with van der Waals surface area (Å²) in [5.74, 6) is 1.54. The third-order valence-electron chi connectivity index (χ3n) is 6.78. The second-order valence-electron chi connectivity index (χ2n) is 9.44. The molecule has 2 heterocycles. The van der Waals surface area contributed by atoms with Gasteiger partial charge < -0.3 is 10.2 Å². The summed E-state index contributed by atoms with van der Waals surface area (Å²) < 4.78 is 0. The van der Waals surface area contributed by atoms with Gasteiger partial charge in [0.2, 0.25) is 12.3 Å². The number of amides is 2. The van der Waals surface area contributed by atoms with Crippen LogP contribution in [0.4, 0.5) is 0 Å². The fraction of sp³-hybridized carbons (Fsp3) is 0.448. The molecule has 2 aliphatic rings. The Morgan fingerprint density at radius 3 is 2.43 bits per heavy atom. The van der Waals surface area contributed by atoms with Gasteiger partial charge in [-0.05, 0) is 74.1 Å². The minimum Gasteiger partial charge on any atom is -0.354 e. The molecule has 2 fully saturated rings. The standard InChI is InChI=1S/C19H27NO.C10H11NOS2/c1-15-6-8-16(9-7-15)14-17-10-12-20(13-11-17)19(21)18-4-2-3-5-18;12-8-11-7-10-5-4-9(14-10)3-1-2-6-13/h6-9,17-18H,2-5,10-14H2,1H3;1-6,8,13H,7H2,(H,11,12)/b;3-1+,6-2-. The van der Waals surface area contributed by atoms with Crippen molar-refractivity contribution in [1.82, 2.24) is 10.2 Å². The summed E-state index contributed by atoms with van der Waals surface area (Å²) in [6, 6.07) is 12.9. The Labute approximate surface area is 219 Å². The van der Waals surface area contributed by atoms with Crippen LogP contribution >= 0.6 is 24.0 Å². The molecule has 4 nitrogen and oxygen atoms in total. The van der Waals surface area contributed by atoms with Crippen LogP contribution in [-0.2, 0) is 22.6 Å². The Morgan fingerprint density at radius 2 is 1.77 bits per heavy atom. The lowest BCUT2D eigenvalue weighted by atomic mass is 9.89. The lowest BCUT2D eigenvalue weighted by molar-refractivity contribution is -0.136. The number of thiophene rings is 1. The van der Waals surface area contributed by atoms with Crippen LogP contribution in [0.15, 0.2) is 54.0 Å². The van der Waals surface area contributed by atoms with E-state index in [9.17, 15) is 9.59 Å². The Bertz CT molecular complexity index is 967. The molecule has 0 radical (unpaired) electrons. The minimum atomic E-state index is 0.346. The van der Waals surface area contributed by atoms with Crippen LogP contribution in [0.25, 0.3) is 6.08 Å². The molecule has 0 atom stereocenters. The summed E-state index contributed by atoms with van der Waals surface area (Å²) in [4.78, 5) is 26.9. The molecule has 2 aromatic rings. The minimum absolute atomic E-state index is 0.346. The molecule has 0 bridgehead atoms. The Hall–Kier alpha value is -2.31. The van der Waals surface area contributed by atoms with Crippen LogP contribution < -0.4 is 5.32 Å². The van der Waals surface area contributed by atoms with Gasteiger partial charge in [0.25, 0.3) is 0 Å². The molecule has 1 N–H and O–H groups in total. The highest BCUT2D eigenvalue weighted by Crippen LogP contribution is 2.29. The number of nitrogens with zero attached hydrogens (tertiary/aromatic N) is 1. The summed E-state index contributed by atoms with van der Waals surface area (Å²) in [6.45, 7) is 4.69. The molecule has 2 amide bonds. The number of piperidine rings is 1. The normalized spacial score (nSPS) is 17.0. The van der Waals surface area contributed by atoms with E-state index in [-0.39, 0.29) is 0 Å². The number of thiol groups is 1. The monoisotopic (exact) mass is 510 g/mol. The number of carbonyl (C=O) groups excluding carboxylic acids is 2. The Kier molecular flexibility index (Phi) is 11.6. The highest BCUT2D eigenvalue weighted by atomic mass is 32.1. The van der Waals surface area contributed by atoms with Crippen molar-refractivity contribution >= 4 is 42.4 Å². The van der Waals surface area contributed by atoms with Crippen molar-refractivity contribution in [2.24, 2.45) is 11.8 Å². The third-order valence-corrected chi connectivity index (χ3v) is 8.00. The van der Waals surface area contributed by atoms with Gasteiger partial charge in [0.05, 0.1) is 6.54 Å². The number of nitrogens with one attached hydrogen (secondary N) is 1. The van der Waals surface area contributed by atoms with E-state index in [4.69, 9.17) is 0 Å². The van der Waals surface area contributed by atoms with Crippen molar-refractivity contribution in [2.45, 2.75) is 58.4 Å². The SMILES string of the molecule is Cc1ccc(CC2CCN(C(=O)C3CCCC3)CC2)cc1.O=CNCc1ccc(/C=C/C=C\S)s1. The molecule has 1 saturated carbocycles. The molecule has 1 saturated heterocycles. The van der Waals surface area contributed by atoms with E-state index >= 15 is 0 Å². The number of likely N-dealkylation sites (tertiary alicyclic amines) is 1. The van der Waals surface area contributed by atoms with E-state index in [0.29, 0.717) is 24.8 Å². The van der Waals surface area contributed by atoms with Crippen LogP contribution in [0, 0.1) is 18.8 Å².